The van der Waals surface area contributed by atoms with E-state index < -0.39 is 0 Å². The van der Waals surface area contributed by atoms with Crippen LogP contribution in [-0.2, 0) is 0 Å². The molecule has 2 aromatic rings. The summed E-state index contributed by atoms with van der Waals surface area (Å²) in [7, 11) is 0. The average Bonchev–Trinajstić information content (AvgIpc) is 2.46. The summed E-state index contributed by atoms with van der Waals surface area (Å²) in [6.07, 6.45) is 5.56. The van der Waals surface area contributed by atoms with Gasteiger partial charge in [-0.15, -0.1) is 0 Å². The van der Waals surface area contributed by atoms with Crippen LogP contribution in [0.15, 0.2) is 35.6 Å². The molecule has 12 heavy (non-hydrogen) atoms. The minimum absolute atomic E-state index is 0.938. The lowest BCUT2D eigenvalue weighted by Gasteiger charge is -1.96. The molecule has 0 saturated carbocycles. The molecule has 0 unspecified atom stereocenters. The van der Waals surface area contributed by atoms with Gasteiger partial charge >= 0.3 is 0 Å². The zero-order valence-corrected chi connectivity index (χ0v) is 7.95. The number of fused-ring (bicyclic) bond motifs is 1. The fraction of sp³-hybridized carbons (Fsp3) is 0. The number of hydrogen-bond donors (Lipinski definition) is 0. The Bertz CT molecular complexity index is 431. The second-order valence-corrected chi connectivity index (χ2v) is 3.38. The molecule has 2 rings (SSSR count). The highest BCUT2D eigenvalue weighted by Crippen LogP contribution is 2.13. The van der Waals surface area contributed by atoms with Crippen LogP contribution in [0.1, 0.15) is 5.69 Å². The molecule has 0 aliphatic rings. The maximum absolute atomic E-state index is 4.20. The monoisotopic (exact) mass is 222 g/mol. The molecule has 2 nitrogen and oxygen atoms in total. The second kappa shape index (κ2) is 2.75. The third kappa shape index (κ3) is 1.06. The summed E-state index contributed by atoms with van der Waals surface area (Å²) in [6.45, 7) is 3.71. The molecule has 0 bridgehead atoms. The number of halogens is 1. The summed E-state index contributed by atoms with van der Waals surface area (Å²) < 4.78 is 3.02. The lowest BCUT2D eigenvalue weighted by molar-refractivity contribution is 1.16. The molecule has 3 heteroatoms. The van der Waals surface area contributed by atoms with Crippen molar-refractivity contribution in [1.29, 1.82) is 0 Å². The van der Waals surface area contributed by atoms with Gasteiger partial charge in [0, 0.05) is 10.7 Å². The number of nitrogens with zero attached hydrogens (tertiary/aromatic N) is 2. The van der Waals surface area contributed by atoms with E-state index in [-0.39, 0.29) is 0 Å². The van der Waals surface area contributed by atoms with Crippen molar-refractivity contribution in [2.45, 2.75) is 0 Å². The Morgan fingerprint density at radius 2 is 2.33 bits per heavy atom. The molecule has 60 valence electrons. The Morgan fingerprint density at radius 1 is 1.50 bits per heavy atom. The van der Waals surface area contributed by atoms with Crippen LogP contribution in [0.2, 0.25) is 0 Å². The quantitative estimate of drug-likeness (QED) is 0.726. The third-order valence-corrected chi connectivity index (χ3v) is 2.18. The summed E-state index contributed by atoms with van der Waals surface area (Å²) in [5.74, 6) is 0. The van der Waals surface area contributed by atoms with Crippen LogP contribution in [0, 0.1) is 0 Å². The fourth-order valence-corrected chi connectivity index (χ4v) is 1.46. The molecular formula is C9H7BrN2. The Morgan fingerprint density at radius 3 is 3.08 bits per heavy atom. The van der Waals surface area contributed by atoms with Gasteiger partial charge in [0.2, 0.25) is 0 Å². The lowest BCUT2D eigenvalue weighted by Crippen LogP contribution is -1.85. The van der Waals surface area contributed by atoms with Crippen LogP contribution < -0.4 is 0 Å². The molecule has 0 aromatic carbocycles. The van der Waals surface area contributed by atoms with Gasteiger partial charge in [-0.2, -0.15) is 0 Å². The molecule has 0 aliphatic carbocycles. The van der Waals surface area contributed by atoms with Gasteiger partial charge in [-0.05, 0) is 34.1 Å². The van der Waals surface area contributed by atoms with Crippen molar-refractivity contribution in [3.05, 3.63) is 41.3 Å². The molecule has 0 spiro atoms. The number of aromatic nitrogens is 2. The van der Waals surface area contributed by atoms with Crippen LogP contribution in [0.25, 0.3) is 11.7 Å². The number of pyridine rings is 1. The van der Waals surface area contributed by atoms with E-state index >= 15 is 0 Å². The summed E-state index contributed by atoms with van der Waals surface area (Å²) >= 11 is 3.40. The van der Waals surface area contributed by atoms with Gasteiger partial charge in [0.1, 0.15) is 5.65 Å². The van der Waals surface area contributed by atoms with Crippen molar-refractivity contribution in [2.24, 2.45) is 0 Å². The molecule has 2 heterocycles. The predicted molar refractivity (Wildman–Crippen MR) is 53.0 cm³/mol. The van der Waals surface area contributed by atoms with Gasteiger partial charge in [-0.3, -0.25) is 4.40 Å². The van der Waals surface area contributed by atoms with Crippen molar-refractivity contribution in [1.82, 2.24) is 9.38 Å². The molecule has 0 amide bonds. The highest BCUT2D eigenvalue weighted by molar-refractivity contribution is 9.10. The Kier molecular flexibility index (Phi) is 1.73. The van der Waals surface area contributed by atoms with E-state index in [1.165, 1.54) is 0 Å². The average molecular weight is 223 g/mol. The van der Waals surface area contributed by atoms with Crippen molar-refractivity contribution in [3.63, 3.8) is 0 Å². The van der Waals surface area contributed by atoms with Crippen LogP contribution in [0.3, 0.4) is 0 Å². The second-order valence-electron chi connectivity index (χ2n) is 2.46. The summed E-state index contributed by atoms with van der Waals surface area (Å²) in [6, 6.07) is 3.92. The SMILES string of the molecule is C=Cc1cnc2ccc(Br)cn12. The van der Waals surface area contributed by atoms with Crippen LogP contribution in [-0.4, -0.2) is 9.38 Å². The first kappa shape index (κ1) is 7.55. The molecule has 0 saturated heterocycles. The molecular weight excluding hydrogens is 216 g/mol. The van der Waals surface area contributed by atoms with Gasteiger partial charge in [-0.25, -0.2) is 4.98 Å². The maximum atomic E-state index is 4.20. The van der Waals surface area contributed by atoms with Crippen molar-refractivity contribution in [3.8, 4) is 0 Å². The van der Waals surface area contributed by atoms with Crippen molar-refractivity contribution >= 4 is 27.7 Å². The summed E-state index contributed by atoms with van der Waals surface area (Å²) in [4.78, 5) is 4.20. The Labute approximate surface area is 78.7 Å². The standard InChI is InChI=1S/C9H7BrN2/c1-2-8-5-11-9-4-3-7(10)6-12(8)9/h2-6H,1H2. The smallest absolute Gasteiger partial charge is 0.137 e. The third-order valence-electron chi connectivity index (χ3n) is 1.71. The van der Waals surface area contributed by atoms with Crippen LogP contribution in [0.4, 0.5) is 0 Å². The molecule has 2 aromatic heterocycles. The predicted octanol–water partition coefficient (Wildman–Crippen LogP) is 2.74. The van der Waals surface area contributed by atoms with E-state index in [4.69, 9.17) is 0 Å². The highest BCUT2D eigenvalue weighted by Gasteiger charge is 1.98. The minimum atomic E-state index is 0.938. The largest absolute Gasteiger partial charge is 0.299 e. The lowest BCUT2D eigenvalue weighted by atomic mass is 10.4. The fourth-order valence-electron chi connectivity index (χ4n) is 1.12. The Balaban J connectivity index is 2.83. The zero-order chi connectivity index (χ0) is 8.55. The van der Waals surface area contributed by atoms with Crippen molar-refractivity contribution in [2.75, 3.05) is 0 Å². The summed E-state index contributed by atoms with van der Waals surface area (Å²) in [5, 5.41) is 0. The van der Waals surface area contributed by atoms with E-state index in [0.717, 1.165) is 15.8 Å². The molecule has 0 atom stereocenters. The highest BCUT2D eigenvalue weighted by atomic mass is 79.9. The Hall–Kier alpha value is -1.09. The number of rotatable bonds is 1. The molecule has 0 aliphatic heterocycles. The van der Waals surface area contributed by atoms with E-state index in [1.807, 2.05) is 22.7 Å². The van der Waals surface area contributed by atoms with Gasteiger partial charge in [0.15, 0.2) is 0 Å². The van der Waals surface area contributed by atoms with Gasteiger partial charge in [0.05, 0.1) is 11.9 Å². The molecule has 0 fully saturated rings. The first-order valence-electron chi connectivity index (χ1n) is 3.56. The molecule has 0 radical (unpaired) electrons. The van der Waals surface area contributed by atoms with E-state index in [0.29, 0.717) is 0 Å². The van der Waals surface area contributed by atoms with Gasteiger partial charge in [-0.1, -0.05) is 6.58 Å². The molecule has 0 N–H and O–H groups in total. The van der Waals surface area contributed by atoms with Crippen LogP contribution >= 0.6 is 15.9 Å². The van der Waals surface area contributed by atoms with Gasteiger partial charge in [0.25, 0.3) is 0 Å². The first-order valence-corrected chi connectivity index (χ1v) is 4.35. The van der Waals surface area contributed by atoms with Crippen LogP contribution in [0.5, 0.6) is 0 Å². The normalized spacial score (nSPS) is 10.4. The first-order chi connectivity index (χ1) is 5.81. The number of imidazole rings is 1. The van der Waals surface area contributed by atoms with E-state index in [9.17, 15) is 0 Å². The number of hydrogen-bond acceptors (Lipinski definition) is 1. The van der Waals surface area contributed by atoms with Gasteiger partial charge < -0.3 is 0 Å². The maximum Gasteiger partial charge on any atom is 0.137 e. The zero-order valence-electron chi connectivity index (χ0n) is 6.37. The minimum Gasteiger partial charge on any atom is -0.299 e. The topological polar surface area (TPSA) is 17.3 Å². The summed E-state index contributed by atoms with van der Waals surface area (Å²) in [5.41, 5.74) is 1.94. The van der Waals surface area contributed by atoms with E-state index in [1.54, 1.807) is 12.3 Å². The van der Waals surface area contributed by atoms with Crippen molar-refractivity contribution < 1.29 is 0 Å². The van der Waals surface area contributed by atoms with E-state index in [2.05, 4.69) is 27.5 Å².